The number of urea groups is 1. The molecule has 7 heteroatoms. The summed E-state index contributed by atoms with van der Waals surface area (Å²) in [5.41, 5.74) is 3.18. The van der Waals surface area contributed by atoms with Crippen molar-refractivity contribution in [1.29, 1.82) is 0 Å². The molecule has 0 N–H and O–H groups in total. The van der Waals surface area contributed by atoms with Gasteiger partial charge in [0.25, 0.3) is 11.8 Å². The summed E-state index contributed by atoms with van der Waals surface area (Å²) in [5, 5.41) is 0.511. The molecule has 0 bridgehead atoms. The van der Waals surface area contributed by atoms with Crippen molar-refractivity contribution < 1.29 is 14.4 Å². The lowest BCUT2D eigenvalue weighted by Gasteiger charge is -2.33. The third-order valence-electron chi connectivity index (χ3n) is 6.01. The monoisotopic (exact) mass is 570 g/mol. The van der Waals surface area contributed by atoms with Gasteiger partial charge in [0, 0.05) is 15.9 Å². The molecule has 0 unspecified atom stereocenters. The molecule has 0 atom stereocenters. The molecule has 4 aromatic rings. The standard InChI is InChI=1S/C30H20BrClN2O3/c31-26-14-8-7-9-21(26)19-22-16-15-20(18-27(22)32)17-25-28(35)33(23-10-3-1-4-11-23)30(37)34(29(25)36)24-12-5-2-6-13-24/h1-18H,19H2. The average Bonchev–Trinajstić information content (AvgIpc) is 2.90. The van der Waals surface area contributed by atoms with E-state index in [1.807, 2.05) is 36.4 Å². The van der Waals surface area contributed by atoms with Crippen molar-refractivity contribution in [3.8, 4) is 0 Å². The van der Waals surface area contributed by atoms with Crippen LogP contribution in [0, 0.1) is 0 Å². The van der Waals surface area contributed by atoms with Gasteiger partial charge in [-0.3, -0.25) is 9.59 Å². The van der Waals surface area contributed by atoms with Gasteiger partial charge in [-0.25, -0.2) is 14.6 Å². The molecule has 0 radical (unpaired) electrons. The second-order valence-corrected chi connectivity index (χ2v) is 9.67. The number of hydrogen-bond donors (Lipinski definition) is 0. The fraction of sp³-hybridized carbons (Fsp3) is 0.0333. The van der Waals surface area contributed by atoms with Crippen LogP contribution in [0.4, 0.5) is 16.2 Å². The van der Waals surface area contributed by atoms with Gasteiger partial charge in [0.05, 0.1) is 11.4 Å². The summed E-state index contributed by atoms with van der Waals surface area (Å²) in [7, 11) is 0. The van der Waals surface area contributed by atoms with Crippen molar-refractivity contribution in [3.63, 3.8) is 0 Å². The van der Waals surface area contributed by atoms with Crippen LogP contribution < -0.4 is 9.80 Å². The topological polar surface area (TPSA) is 57.7 Å². The van der Waals surface area contributed by atoms with Crippen LogP contribution in [0.5, 0.6) is 0 Å². The van der Waals surface area contributed by atoms with Gasteiger partial charge in [0.15, 0.2) is 0 Å². The molecule has 5 rings (SSSR count). The Labute approximate surface area is 227 Å². The fourth-order valence-electron chi connectivity index (χ4n) is 4.15. The highest BCUT2D eigenvalue weighted by Crippen LogP contribution is 2.31. The molecule has 0 aromatic heterocycles. The number of benzene rings is 4. The molecule has 4 aromatic carbocycles. The summed E-state index contributed by atoms with van der Waals surface area (Å²) in [6.07, 6.45) is 2.10. The summed E-state index contributed by atoms with van der Waals surface area (Å²) in [6.45, 7) is 0. The highest BCUT2D eigenvalue weighted by Gasteiger charge is 2.43. The van der Waals surface area contributed by atoms with E-state index in [9.17, 15) is 14.4 Å². The zero-order chi connectivity index (χ0) is 25.9. The molecule has 0 aliphatic carbocycles. The lowest BCUT2D eigenvalue weighted by atomic mass is 10.0. The van der Waals surface area contributed by atoms with Crippen LogP contribution in [0.2, 0.25) is 5.02 Å². The molecule has 1 saturated heterocycles. The Balaban J connectivity index is 1.54. The van der Waals surface area contributed by atoms with Gasteiger partial charge in [-0.1, -0.05) is 94.3 Å². The Morgan fingerprint density at radius 1 is 0.676 bits per heavy atom. The number of halogens is 2. The van der Waals surface area contributed by atoms with Gasteiger partial charge < -0.3 is 0 Å². The van der Waals surface area contributed by atoms with Gasteiger partial charge in [0.1, 0.15) is 5.57 Å². The average molecular weight is 572 g/mol. The first-order chi connectivity index (χ1) is 17.9. The van der Waals surface area contributed by atoms with Crippen molar-refractivity contribution in [2.75, 3.05) is 9.80 Å². The number of rotatable bonds is 5. The minimum absolute atomic E-state index is 0.137. The smallest absolute Gasteiger partial charge is 0.268 e. The van der Waals surface area contributed by atoms with E-state index >= 15 is 0 Å². The first kappa shape index (κ1) is 24.7. The van der Waals surface area contributed by atoms with E-state index in [1.165, 1.54) is 6.08 Å². The highest BCUT2D eigenvalue weighted by molar-refractivity contribution is 9.10. The Morgan fingerprint density at radius 2 is 1.22 bits per heavy atom. The molecular formula is C30H20BrClN2O3. The quantitative estimate of drug-likeness (QED) is 0.187. The number of carbonyl (C=O) groups excluding carboxylic acids is 3. The van der Waals surface area contributed by atoms with E-state index < -0.39 is 17.8 Å². The molecule has 1 aliphatic heterocycles. The van der Waals surface area contributed by atoms with Crippen molar-refractivity contribution in [2.24, 2.45) is 0 Å². The third kappa shape index (κ3) is 4.99. The van der Waals surface area contributed by atoms with Crippen LogP contribution in [0.3, 0.4) is 0 Å². The van der Waals surface area contributed by atoms with Crippen LogP contribution in [-0.2, 0) is 16.0 Å². The lowest BCUT2D eigenvalue weighted by molar-refractivity contribution is -0.121. The Bertz CT molecular complexity index is 1470. The van der Waals surface area contributed by atoms with Crippen molar-refractivity contribution in [2.45, 2.75) is 6.42 Å². The SMILES string of the molecule is O=C1C(=Cc2ccc(Cc3ccccc3Br)c(Cl)c2)C(=O)N(c2ccccc2)C(=O)N1c1ccccc1. The van der Waals surface area contributed by atoms with Crippen LogP contribution in [0.1, 0.15) is 16.7 Å². The number of carbonyl (C=O) groups is 3. The van der Waals surface area contributed by atoms with Crippen LogP contribution in [0.15, 0.2) is 113 Å². The van der Waals surface area contributed by atoms with Gasteiger partial charge in [-0.2, -0.15) is 0 Å². The normalized spacial score (nSPS) is 13.8. The number of anilines is 2. The van der Waals surface area contributed by atoms with Crippen LogP contribution >= 0.6 is 27.5 Å². The van der Waals surface area contributed by atoms with Crippen molar-refractivity contribution in [1.82, 2.24) is 0 Å². The second-order valence-electron chi connectivity index (χ2n) is 8.41. The summed E-state index contributed by atoms with van der Waals surface area (Å²) in [4.78, 5) is 42.5. The molecular weight excluding hydrogens is 552 g/mol. The number of nitrogens with zero attached hydrogens (tertiary/aromatic N) is 2. The summed E-state index contributed by atoms with van der Waals surface area (Å²) < 4.78 is 0.988. The molecule has 1 fully saturated rings. The first-order valence-corrected chi connectivity index (χ1v) is 12.7. The summed E-state index contributed by atoms with van der Waals surface area (Å²) in [6, 6.07) is 29.7. The third-order valence-corrected chi connectivity index (χ3v) is 7.13. The van der Waals surface area contributed by atoms with E-state index in [2.05, 4.69) is 15.9 Å². The molecule has 0 spiro atoms. The molecule has 1 heterocycles. The van der Waals surface area contributed by atoms with Gasteiger partial charge in [-0.15, -0.1) is 0 Å². The zero-order valence-corrected chi connectivity index (χ0v) is 21.8. The number of barbiturate groups is 1. The Kier molecular flexibility index (Phi) is 7.04. The number of amides is 4. The Morgan fingerprint density at radius 3 is 1.76 bits per heavy atom. The summed E-state index contributed by atoms with van der Waals surface area (Å²) >= 11 is 10.2. The maximum absolute atomic E-state index is 13.5. The van der Waals surface area contributed by atoms with Gasteiger partial charge in [-0.05, 0) is 59.2 Å². The molecule has 182 valence electrons. The molecule has 37 heavy (non-hydrogen) atoms. The van der Waals surface area contributed by atoms with Gasteiger partial charge >= 0.3 is 6.03 Å². The maximum atomic E-state index is 13.5. The van der Waals surface area contributed by atoms with Crippen LogP contribution in [0.25, 0.3) is 6.08 Å². The first-order valence-electron chi connectivity index (χ1n) is 11.5. The minimum atomic E-state index is -0.730. The van der Waals surface area contributed by atoms with E-state index in [4.69, 9.17) is 11.6 Å². The van der Waals surface area contributed by atoms with E-state index in [0.717, 1.165) is 25.4 Å². The second kappa shape index (κ2) is 10.5. The molecule has 5 nitrogen and oxygen atoms in total. The van der Waals surface area contributed by atoms with E-state index in [-0.39, 0.29) is 5.57 Å². The molecule has 4 amide bonds. The van der Waals surface area contributed by atoms with Gasteiger partial charge in [0.2, 0.25) is 0 Å². The van der Waals surface area contributed by atoms with Crippen LogP contribution in [-0.4, -0.2) is 17.8 Å². The number of hydrogen-bond acceptors (Lipinski definition) is 3. The predicted octanol–water partition coefficient (Wildman–Crippen LogP) is 7.28. The van der Waals surface area contributed by atoms with Crippen molar-refractivity contribution in [3.05, 3.63) is 135 Å². The van der Waals surface area contributed by atoms with E-state index in [0.29, 0.717) is 28.4 Å². The molecule has 1 aliphatic rings. The zero-order valence-electron chi connectivity index (χ0n) is 19.5. The predicted molar refractivity (Wildman–Crippen MR) is 150 cm³/mol. The number of para-hydroxylation sites is 2. The fourth-order valence-corrected chi connectivity index (χ4v) is 4.83. The van der Waals surface area contributed by atoms with E-state index in [1.54, 1.807) is 66.7 Å². The highest BCUT2D eigenvalue weighted by atomic mass is 79.9. The van der Waals surface area contributed by atoms with Crippen molar-refractivity contribution >= 4 is 62.8 Å². The maximum Gasteiger partial charge on any atom is 0.343 e. The lowest BCUT2D eigenvalue weighted by Crippen LogP contribution is -2.57. The molecule has 0 saturated carbocycles. The largest absolute Gasteiger partial charge is 0.343 e. The number of imide groups is 2. The summed E-state index contributed by atoms with van der Waals surface area (Å²) in [5.74, 6) is -1.39. The minimum Gasteiger partial charge on any atom is -0.268 e. The Hall–Kier alpha value is -4.00.